The molecule has 0 saturated heterocycles. The van der Waals surface area contributed by atoms with Gasteiger partial charge in [-0.25, -0.2) is 0 Å². The molecule has 0 N–H and O–H groups in total. The van der Waals surface area contributed by atoms with Crippen molar-refractivity contribution < 1.29 is 14.3 Å². The van der Waals surface area contributed by atoms with Crippen molar-refractivity contribution >= 4 is 11.6 Å². The van der Waals surface area contributed by atoms with E-state index < -0.39 is 0 Å². The van der Waals surface area contributed by atoms with Gasteiger partial charge in [0.2, 0.25) is 0 Å². The maximum atomic E-state index is 12.3. The van der Waals surface area contributed by atoms with Gasteiger partial charge in [-0.1, -0.05) is 109 Å². The Morgan fingerprint density at radius 1 is 0.500 bits per heavy atom. The van der Waals surface area contributed by atoms with Gasteiger partial charge in [-0.05, 0) is 54.8 Å². The molecule has 5 aromatic carbocycles. The van der Waals surface area contributed by atoms with E-state index in [-0.39, 0.29) is 11.6 Å². The first-order valence-electron chi connectivity index (χ1n) is 12.5. The number of carbonyl (C=O) groups is 2. The normalized spacial score (nSPS) is 10.2. The lowest BCUT2D eigenvalue weighted by Crippen LogP contribution is -2.02. The number of benzene rings is 5. The van der Waals surface area contributed by atoms with Crippen LogP contribution in [0.1, 0.15) is 43.0 Å². The quantitative estimate of drug-likeness (QED) is 0.222. The summed E-state index contributed by atoms with van der Waals surface area (Å²) in [6, 6.07) is 40.4. The van der Waals surface area contributed by atoms with E-state index in [1.165, 1.54) is 0 Å². The third kappa shape index (κ3) is 6.51. The van der Waals surface area contributed by atoms with Gasteiger partial charge in [-0.15, -0.1) is 0 Å². The SMILES string of the molecule is COc1ccc(C(=O)c2cccc(C)c2)cc1C.O=C(c1ccccc1)c1ccc(-c2ccccc2)cc1. The molecule has 38 heavy (non-hydrogen) atoms. The van der Waals surface area contributed by atoms with Crippen molar-refractivity contribution in [2.75, 3.05) is 7.11 Å². The van der Waals surface area contributed by atoms with E-state index in [2.05, 4.69) is 12.1 Å². The molecule has 0 bridgehead atoms. The highest BCUT2D eigenvalue weighted by molar-refractivity contribution is 6.09. The Bertz CT molecular complexity index is 1520. The van der Waals surface area contributed by atoms with Crippen LogP contribution in [0.4, 0.5) is 0 Å². The van der Waals surface area contributed by atoms with Crippen molar-refractivity contribution in [1.82, 2.24) is 0 Å². The number of aryl methyl sites for hydroxylation is 2. The van der Waals surface area contributed by atoms with Crippen LogP contribution in [-0.4, -0.2) is 18.7 Å². The summed E-state index contributed by atoms with van der Waals surface area (Å²) in [5.41, 5.74) is 7.19. The number of methoxy groups -OCH3 is 1. The first-order chi connectivity index (χ1) is 18.5. The van der Waals surface area contributed by atoms with Crippen molar-refractivity contribution in [2.24, 2.45) is 0 Å². The van der Waals surface area contributed by atoms with Crippen LogP contribution in [0, 0.1) is 13.8 Å². The van der Waals surface area contributed by atoms with Crippen LogP contribution in [0.3, 0.4) is 0 Å². The van der Waals surface area contributed by atoms with E-state index in [1.807, 2.05) is 123 Å². The summed E-state index contributed by atoms with van der Waals surface area (Å²) in [7, 11) is 1.63. The molecule has 0 aromatic heterocycles. The third-order valence-electron chi connectivity index (χ3n) is 6.23. The summed E-state index contributed by atoms with van der Waals surface area (Å²) in [6.45, 7) is 3.92. The first-order valence-corrected chi connectivity index (χ1v) is 12.5. The smallest absolute Gasteiger partial charge is 0.193 e. The fourth-order valence-corrected chi connectivity index (χ4v) is 4.17. The van der Waals surface area contributed by atoms with Crippen molar-refractivity contribution in [1.29, 1.82) is 0 Å². The van der Waals surface area contributed by atoms with Crippen LogP contribution in [0.15, 0.2) is 127 Å². The third-order valence-corrected chi connectivity index (χ3v) is 6.23. The Kier molecular flexibility index (Phi) is 8.63. The molecule has 0 spiro atoms. The summed E-state index contributed by atoms with van der Waals surface area (Å²) in [5.74, 6) is 0.908. The Labute approximate surface area is 224 Å². The minimum Gasteiger partial charge on any atom is -0.496 e. The van der Waals surface area contributed by atoms with E-state index in [1.54, 1.807) is 13.2 Å². The summed E-state index contributed by atoms with van der Waals surface area (Å²) in [5, 5.41) is 0. The molecule has 0 aliphatic carbocycles. The van der Waals surface area contributed by atoms with Gasteiger partial charge in [0.1, 0.15) is 5.75 Å². The second-order valence-electron chi connectivity index (χ2n) is 9.02. The predicted octanol–water partition coefficient (Wildman–Crippen LogP) is 8.13. The standard InChI is InChI=1S/C19H14O.C16H16O2/c20-19(17-9-5-2-6-10-17)18-13-11-16(12-14-18)15-7-3-1-4-8-15;1-11-5-4-6-13(9-11)16(17)14-7-8-15(18-3)12(2)10-14/h1-14H;4-10H,1-3H3. The molecule has 0 aliphatic rings. The second-order valence-corrected chi connectivity index (χ2v) is 9.02. The Morgan fingerprint density at radius 3 is 1.61 bits per heavy atom. The summed E-state index contributed by atoms with van der Waals surface area (Å²) in [4.78, 5) is 24.6. The number of ketones is 2. The van der Waals surface area contributed by atoms with E-state index in [0.717, 1.165) is 44.7 Å². The molecule has 5 rings (SSSR count). The van der Waals surface area contributed by atoms with Crippen molar-refractivity contribution in [3.8, 4) is 16.9 Å². The van der Waals surface area contributed by atoms with Gasteiger partial charge in [0.25, 0.3) is 0 Å². The monoisotopic (exact) mass is 498 g/mol. The average molecular weight is 499 g/mol. The molecular weight excluding hydrogens is 468 g/mol. The van der Waals surface area contributed by atoms with Crippen LogP contribution < -0.4 is 4.74 Å². The fourth-order valence-electron chi connectivity index (χ4n) is 4.17. The van der Waals surface area contributed by atoms with Crippen LogP contribution in [0.25, 0.3) is 11.1 Å². The molecule has 188 valence electrons. The highest BCUT2D eigenvalue weighted by Gasteiger charge is 2.11. The fraction of sp³-hybridized carbons (Fsp3) is 0.0857. The zero-order valence-corrected chi connectivity index (χ0v) is 21.8. The van der Waals surface area contributed by atoms with Gasteiger partial charge in [-0.3, -0.25) is 9.59 Å². The van der Waals surface area contributed by atoms with E-state index in [9.17, 15) is 9.59 Å². The molecule has 0 atom stereocenters. The Balaban J connectivity index is 0.000000178. The maximum Gasteiger partial charge on any atom is 0.193 e. The number of carbonyl (C=O) groups excluding carboxylic acids is 2. The van der Waals surface area contributed by atoms with Gasteiger partial charge in [0.15, 0.2) is 11.6 Å². The summed E-state index contributed by atoms with van der Waals surface area (Å²) >= 11 is 0. The molecule has 3 nitrogen and oxygen atoms in total. The van der Waals surface area contributed by atoms with Gasteiger partial charge in [0, 0.05) is 22.3 Å². The lowest BCUT2D eigenvalue weighted by Gasteiger charge is -2.07. The summed E-state index contributed by atoms with van der Waals surface area (Å²) < 4.78 is 5.19. The van der Waals surface area contributed by atoms with Gasteiger partial charge < -0.3 is 4.74 Å². The van der Waals surface area contributed by atoms with Crippen molar-refractivity contribution in [2.45, 2.75) is 13.8 Å². The van der Waals surface area contributed by atoms with E-state index >= 15 is 0 Å². The van der Waals surface area contributed by atoms with Gasteiger partial charge in [0.05, 0.1) is 7.11 Å². The predicted molar refractivity (Wildman–Crippen MR) is 154 cm³/mol. The molecule has 0 fully saturated rings. The number of hydrogen-bond donors (Lipinski definition) is 0. The molecular formula is C35H30O3. The first kappa shape index (κ1) is 26.3. The van der Waals surface area contributed by atoms with Gasteiger partial charge >= 0.3 is 0 Å². The number of rotatable bonds is 6. The van der Waals surface area contributed by atoms with E-state index in [0.29, 0.717) is 5.56 Å². The number of hydrogen-bond acceptors (Lipinski definition) is 3. The molecule has 3 heteroatoms. The minimum atomic E-state index is 0.0458. The lowest BCUT2D eigenvalue weighted by molar-refractivity contribution is 0.103. The molecule has 0 heterocycles. The van der Waals surface area contributed by atoms with Crippen LogP contribution >= 0.6 is 0 Å². The maximum absolute atomic E-state index is 12.3. The zero-order chi connectivity index (χ0) is 26.9. The van der Waals surface area contributed by atoms with Gasteiger partial charge in [-0.2, -0.15) is 0 Å². The zero-order valence-electron chi connectivity index (χ0n) is 21.8. The molecule has 0 unspecified atom stereocenters. The van der Waals surface area contributed by atoms with Crippen LogP contribution in [0.5, 0.6) is 5.75 Å². The topological polar surface area (TPSA) is 43.4 Å². The van der Waals surface area contributed by atoms with Crippen molar-refractivity contribution in [3.63, 3.8) is 0 Å². The molecule has 0 saturated carbocycles. The lowest BCUT2D eigenvalue weighted by atomic mass is 9.99. The Morgan fingerprint density at radius 2 is 1.00 bits per heavy atom. The molecule has 5 aromatic rings. The highest BCUT2D eigenvalue weighted by atomic mass is 16.5. The minimum absolute atomic E-state index is 0.0458. The average Bonchev–Trinajstić information content (AvgIpc) is 2.97. The van der Waals surface area contributed by atoms with E-state index in [4.69, 9.17) is 4.74 Å². The second kappa shape index (κ2) is 12.5. The van der Waals surface area contributed by atoms with Crippen molar-refractivity contribution in [3.05, 3.63) is 161 Å². The van der Waals surface area contributed by atoms with Crippen LogP contribution in [0.2, 0.25) is 0 Å². The summed E-state index contributed by atoms with van der Waals surface area (Å²) in [6.07, 6.45) is 0. The van der Waals surface area contributed by atoms with Crippen LogP contribution in [-0.2, 0) is 0 Å². The molecule has 0 aliphatic heterocycles. The highest BCUT2D eigenvalue weighted by Crippen LogP contribution is 2.22. The largest absolute Gasteiger partial charge is 0.496 e. The number of ether oxygens (including phenoxy) is 1. The molecule has 0 amide bonds. The molecule has 0 radical (unpaired) electrons. The Hall–Kier alpha value is -4.76.